The number of rotatable bonds is 8. The van der Waals surface area contributed by atoms with Crippen LogP contribution in [0.3, 0.4) is 0 Å². The second kappa shape index (κ2) is 10.3. The molecule has 2 N–H and O–H groups in total. The molecule has 0 unspecified atom stereocenters. The number of amides is 1. The summed E-state index contributed by atoms with van der Waals surface area (Å²) in [5, 5.41) is 7.04. The van der Waals surface area contributed by atoms with Crippen molar-refractivity contribution < 1.29 is 9.53 Å². The van der Waals surface area contributed by atoms with Crippen LogP contribution in [0.5, 0.6) is 5.75 Å². The number of thioether (sulfide) groups is 1. The van der Waals surface area contributed by atoms with Crippen LogP contribution in [0.25, 0.3) is 0 Å². The van der Waals surface area contributed by atoms with Crippen LogP contribution in [0.15, 0.2) is 53.4 Å². The maximum Gasteiger partial charge on any atom is 0.227 e. The number of ether oxygens (including phenoxy) is 1. The van der Waals surface area contributed by atoms with Crippen LogP contribution in [-0.4, -0.2) is 37.0 Å². The number of anilines is 2. The van der Waals surface area contributed by atoms with E-state index in [1.165, 1.54) is 4.90 Å². The number of nitrogens with one attached hydrogen (secondary N) is 2. The van der Waals surface area contributed by atoms with Crippen LogP contribution in [0.4, 0.5) is 11.4 Å². The Kier molecular flexibility index (Phi) is 7.56. The molecule has 1 aliphatic heterocycles. The number of benzene rings is 2. The maximum absolute atomic E-state index is 11.9. The van der Waals surface area contributed by atoms with Gasteiger partial charge in [0.1, 0.15) is 5.75 Å². The molecular formula is C21H25N3O2S2. The number of carbonyl (C=O) groups excluding carboxylic acids is 1. The lowest BCUT2D eigenvalue weighted by molar-refractivity contribution is -0.117. The van der Waals surface area contributed by atoms with E-state index in [9.17, 15) is 4.79 Å². The molecule has 1 heterocycles. The predicted octanol–water partition coefficient (Wildman–Crippen LogP) is 4.29. The summed E-state index contributed by atoms with van der Waals surface area (Å²) < 4.78 is 5.17. The minimum absolute atomic E-state index is 0.187. The average Bonchev–Trinajstić information content (AvgIpc) is 3.14. The number of hydrogen-bond donors (Lipinski definition) is 2. The first-order valence-corrected chi connectivity index (χ1v) is 10.8. The van der Waals surface area contributed by atoms with E-state index < -0.39 is 0 Å². The summed E-state index contributed by atoms with van der Waals surface area (Å²) >= 11 is 7.20. The van der Waals surface area contributed by atoms with E-state index in [0.29, 0.717) is 11.5 Å². The highest BCUT2D eigenvalue weighted by Gasteiger charge is 2.21. The zero-order chi connectivity index (χ0) is 19.8. The molecule has 7 heteroatoms. The van der Waals surface area contributed by atoms with Gasteiger partial charge in [0.2, 0.25) is 5.91 Å². The Bertz CT molecular complexity index is 812. The van der Waals surface area contributed by atoms with Gasteiger partial charge in [0, 0.05) is 35.8 Å². The first-order valence-electron chi connectivity index (χ1n) is 9.38. The molecule has 28 heavy (non-hydrogen) atoms. The van der Waals surface area contributed by atoms with Crippen molar-refractivity contribution in [2.45, 2.75) is 24.2 Å². The van der Waals surface area contributed by atoms with Gasteiger partial charge in [-0.25, -0.2) is 0 Å². The van der Waals surface area contributed by atoms with Crippen molar-refractivity contribution in [2.75, 3.05) is 36.2 Å². The Balaban J connectivity index is 1.38. The topological polar surface area (TPSA) is 53.6 Å². The van der Waals surface area contributed by atoms with Gasteiger partial charge in [0.05, 0.1) is 7.11 Å². The summed E-state index contributed by atoms with van der Waals surface area (Å²) in [4.78, 5) is 15.0. The molecule has 5 nitrogen and oxygen atoms in total. The standard InChI is InChI=1S/C21H25N3O2S2/c1-26-18-8-10-19(11-9-18)28-14-4-12-22-21(27)23-16-5-2-6-17(15-16)24-13-3-7-20(24)25/h2,5-6,8-11,15H,3-4,7,12-14H2,1H3,(H2,22,23,27). The molecule has 1 saturated heterocycles. The number of methoxy groups -OCH3 is 1. The Morgan fingerprint density at radius 1 is 1.25 bits per heavy atom. The smallest absolute Gasteiger partial charge is 0.227 e. The van der Waals surface area contributed by atoms with Crippen molar-refractivity contribution in [2.24, 2.45) is 0 Å². The fraction of sp³-hybridized carbons (Fsp3) is 0.333. The van der Waals surface area contributed by atoms with Crippen molar-refractivity contribution in [3.63, 3.8) is 0 Å². The molecule has 1 amide bonds. The molecule has 0 aliphatic carbocycles. The molecular weight excluding hydrogens is 390 g/mol. The van der Waals surface area contributed by atoms with Crippen molar-refractivity contribution in [3.8, 4) is 5.75 Å². The Labute approximate surface area is 175 Å². The lowest BCUT2D eigenvalue weighted by Gasteiger charge is -2.17. The van der Waals surface area contributed by atoms with Gasteiger partial charge in [-0.1, -0.05) is 6.07 Å². The van der Waals surface area contributed by atoms with E-state index in [0.717, 1.165) is 48.8 Å². The van der Waals surface area contributed by atoms with Crippen LogP contribution in [-0.2, 0) is 4.79 Å². The summed E-state index contributed by atoms with van der Waals surface area (Å²) in [6, 6.07) is 15.9. The molecule has 0 spiro atoms. The third-order valence-corrected chi connectivity index (χ3v) is 5.77. The lowest BCUT2D eigenvalue weighted by Crippen LogP contribution is -2.29. The molecule has 148 valence electrons. The highest BCUT2D eigenvalue weighted by Crippen LogP contribution is 2.24. The first-order chi connectivity index (χ1) is 13.7. The van der Waals surface area contributed by atoms with Gasteiger partial charge in [-0.05, 0) is 73.3 Å². The summed E-state index contributed by atoms with van der Waals surface area (Å²) in [6.07, 6.45) is 2.55. The zero-order valence-electron chi connectivity index (χ0n) is 15.9. The second-order valence-corrected chi connectivity index (χ2v) is 8.03. The fourth-order valence-electron chi connectivity index (χ4n) is 2.98. The summed E-state index contributed by atoms with van der Waals surface area (Å²) in [6.45, 7) is 1.59. The Hall–Kier alpha value is -2.25. The summed E-state index contributed by atoms with van der Waals surface area (Å²) in [5.74, 6) is 2.07. The van der Waals surface area contributed by atoms with Crippen molar-refractivity contribution in [3.05, 3.63) is 48.5 Å². The third kappa shape index (κ3) is 5.87. The van der Waals surface area contributed by atoms with Crippen LogP contribution in [0.1, 0.15) is 19.3 Å². The van der Waals surface area contributed by atoms with E-state index >= 15 is 0 Å². The molecule has 0 aromatic heterocycles. The maximum atomic E-state index is 11.9. The average molecular weight is 416 g/mol. The van der Waals surface area contributed by atoms with E-state index in [4.69, 9.17) is 17.0 Å². The van der Waals surface area contributed by atoms with Crippen molar-refractivity contribution in [1.82, 2.24) is 5.32 Å². The van der Waals surface area contributed by atoms with E-state index in [-0.39, 0.29) is 5.91 Å². The molecule has 1 aliphatic rings. The molecule has 2 aromatic rings. The normalized spacial score (nSPS) is 13.5. The molecule has 0 saturated carbocycles. The molecule has 1 fully saturated rings. The highest BCUT2D eigenvalue weighted by atomic mass is 32.2. The minimum Gasteiger partial charge on any atom is -0.497 e. The van der Waals surface area contributed by atoms with E-state index in [1.807, 2.05) is 53.1 Å². The van der Waals surface area contributed by atoms with Crippen LogP contribution in [0.2, 0.25) is 0 Å². The van der Waals surface area contributed by atoms with Gasteiger partial charge < -0.3 is 20.3 Å². The quantitative estimate of drug-likeness (QED) is 0.381. The monoisotopic (exact) mass is 415 g/mol. The minimum atomic E-state index is 0.187. The fourth-order valence-corrected chi connectivity index (χ4v) is 4.06. The number of nitrogens with zero attached hydrogens (tertiary/aromatic N) is 1. The predicted molar refractivity (Wildman–Crippen MR) is 121 cm³/mol. The third-order valence-electron chi connectivity index (χ3n) is 4.42. The molecule has 0 radical (unpaired) electrons. The van der Waals surface area contributed by atoms with Gasteiger partial charge >= 0.3 is 0 Å². The van der Waals surface area contributed by atoms with Gasteiger partial charge in [-0.2, -0.15) is 0 Å². The Morgan fingerprint density at radius 3 is 2.79 bits per heavy atom. The SMILES string of the molecule is COc1ccc(SCCCNC(=S)Nc2cccc(N3CCCC3=O)c2)cc1. The summed E-state index contributed by atoms with van der Waals surface area (Å²) in [5.41, 5.74) is 1.81. The van der Waals surface area contributed by atoms with Crippen LogP contribution < -0.4 is 20.3 Å². The van der Waals surface area contributed by atoms with E-state index in [1.54, 1.807) is 7.11 Å². The van der Waals surface area contributed by atoms with Gasteiger partial charge in [0.25, 0.3) is 0 Å². The van der Waals surface area contributed by atoms with Crippen molar-refractivity contribution in [1.29, 1.82) is 0 Å². The van der Waals surface area contributed by atoms with Gasteiger partial charge in [-0.3, -0.25) is 4.79 Å². The number of hydrogen-bond acceptors (Lipinski definition) is 4. The molecule has 3 rings (SSSR count). The van der Waals surface area contributed by atoms with Crippen LogP contribution >= 0.6 is 24.0 Å². The van der Waals surface area contributed by atoms with Crippen molar-refractivity contribution >= 4 is 46.4 Å². The molecule has 0 atom stereocenters. The lowest BCUT2D eigenvalue weighted by atomic mass is 10.2. The Morgan fingerprint density at radius 2 is 2.07 bits per heavy atom. The number of carbonyl (C=O) groups is 1. The van der Waals surface area contributed by atoms with Gasteiger partial charge in [0.15, 0.2) is 5.11 Å². The van der Waals surface area contributed by atoms with Gasteiger partial charge in [-0.15, -0.1) is 11.8 Å². The second-order valence-electron chi connectivity index (χ2n) is 6.46. The molecule has 2 aromatic carbocycles. The number of thiocarbonyl (C=S) groups is 1. The highest BCUT2D eigenvalue weighted by molar-refractivity contribution is 7.99. The van der Waals surface area contributed by atoms with Crippen LogP contribution in [0, 0.1) is 0 Å². The van der Waals surface area contributed by atoms with E-state index in [2.05, 4.69) is 22.8 Å². The molecule has 0 bridgehead atoms. The zero-order valence-corrected chi connectivity index (χ0v) is 17.6. The summed E-state index contributed by atoms with van der Waals surface area (Å²) in [7, 11) is 1.67. The first kappa shape index (κ1) is 20.5. The largest absolute Gasteiger partial charge is 0.497 e.